The first-order valence-electron chi connectivity index (χ1n) is 6.26. The van der Waals surface area contributed by atoms with Crippen molar-refractivity contribution in [3.63, 3.8) is 0 Å². The number of allylic oxidation sites excluding steroid dienone is 2. The lowest BCUT2D eigenvalue weighted by atomic mass is 9.89. The smallest absolute Gasteiger partial charge is 0.0299 e. The zero-order chi connectivity index (χ0) is 10.8. The first-order valence-corrected chi connectivity index (χ1v) is 6.26. The Kier molecular flexibility index (Phi) is 2.65. The number of pyridine rings is 1. The molecule has 0 aliphatic carbocycles. The van der Waals surface area contributed by atoms with Crippen molar-refractivity contribution < 1.29 is 0 Å². The van der Waals surface area contributed by atoms with Crippen LogP contribution in [0.4, 0.5) is 0 Å². The second-order valence-corrected chi connectivity index (χ2v) is 4.84. The van der Waals surface area contributed by atoms with Gasteiger partial charge in [-0.3, -0.25) is 4.98 Å². The van der Waals surface area contributed by atoms with E-state index in [1.54, 1.807) is 5.70 Å². The van der Waals surface area contributed by atoms with E-state index in [2.05, 4.69) is 22.0 Å². The van der Waals surface area contributed by atoms with Crippen molar-refractivity contribution in [3.8, 4) is 0 Å². The fraction of sp³-hybridized carbons (Fsp3) is 0.500. The number of fused-ring (bicyclic) bond motifs is 2. The molecule has 16 heavy (non-hydrogen) atoms. The van der Waals surface area contributed by atoms with Crippen molar-refractivity contribution in [2.45, 2.75) is 25.7 Å². The Morgan fingerprint density at radius 3 is 2.75 bits per heavy atom. The molecule has 1 saturated heterocycles. The Balaban J connectivity index is 1.64. The molecule has 4 heterocycles. The van der Waals surface area contributed by atoms with Crippen LogP contribution in [0.25, 0.3) is 0 Å². The summed E-state index contributed by atoms with van der Waals surface area (Å²) in [6.07, 6.45) is 11.4. The van der Waals surface area contributed by atoms with Gasteiger partial charge in [-0.05, 0) is 43.2 Å². The molecular formula is C14H18N2. The number of rotatable bonds is 3. The molecule has 1 aromatic rings. The second kappa shape index (κ2) is 4.28. The molecule has 84 valence electrons. The highest BCUT2D eigenvalue weighted by Gasteiger charge is 2.25. The molecule has 2 bridgehead atoms. The van der Waals surface area contributed by atoms with Gasteiger partial charge in [0.15, 0.2) is 0 Å². The van der Waals surface area contributed by atoms with Gasteiger partial charge in [-0.25, -0.2) is 0 Å². The summed E-state index contributed by atoms with van der Waals surface area (Å²) < 4.78 is 0. The average molecular weight is 214 g/mol. The molecule has 1 fully saturated rings. The summed E-state index contributed by atoms with van der Waals surface area (Å²) in [5.74, 6) is 0.869. The van der Waals surface area contributed by atoms with Crippen LogP contribution >= 0.6 is 0 Å². The van der Waals surface area contributed by atoms with Crippen LogP contribution in [0.3, 0.4) is 0 Å². The van der Waals surface area contributed by atoms with E-state index in [9.17, 15) is 0 Å². The van der Waals surface area contributed by atoms with Crippen molar-refractivity contribution in [3.05, 3.63) is 41.9 Å². The maximum atomic E-state index is 4.16. The predicted molar refractivity (Wildman–Crippen MR) is 64.9 cm³/mol. The van der Waals surface area contributed by atoms with Crippen molar-refractivity contribution in [1.29, 1.82) is 0 Å². The summed E-state index contributed by atoms with van der Waals surface area (Å²) in [6.45, 7) is 2.56. The number of nitrogens with zero attached hydrogens (tertiary/aromatic N) is 2. The van der Waals surface area contributed by atoms with Crippen LogP contribution in [0.15, 0.2) is 36.3 Å². The first-order chi connectivity index (χ1) is 7.92. The SMILES string of the molecule is C1=C(CCc2cccnc2)N2CCC1CC2. The second-order valence-electron chi connectivity index (χ2n) is 4.84. The summed E-state index contributed by atoms with van der Waals surface area (Å²) >= 11 is 0. The van der Waals surface area contributed by atoms with Crippen LogP contribution in [0.2, 0.25) is 0 Å². The molecule has 0 N–H and O–H groups in total. The van der Waals surface area contributed by atoms with E-state index < -0.39 is 0 Å². The van der Waals surface area contributed by atoms with Gasteiger partial charge >= 0.3 is 0 Å². The summed E-state index contributed by atoms with van der Waals surface area (Å²) in [5.41, 5.74) is 2.93. The zero-order valence-corrected chi connectivity index (χ0v) is 9.60. The van der Waals surface area contributed by atoms with Gasteiger partial charge in [0.1, 0.15) is 0 Å². The van der Waals surface area contributed by atoms with Crippen LogP contribution < -0.4 is 0 Å². The summed E-state index contributed by atoms with van der Waals surface area (Å²) in [5, 5.41) is 0. The summed E-state index contributed by atoms with van der Waals surface area (Å²) in [4.78, 5) is 6.73. The average Bonchev–Trinajstić information content (AvgIpc) is 2.39. The normalized spacial score (nSPS) is 20.0. The lowest BCUT2D eigenvalue weighted by molar-refractivity contribution is 0.212. The Bertz CT molecular complexity index is 375. The molecule has 3 aliphatic rings. The molecule has 2 heteroatoms. The Hall–Kier alpha value is -1.31. The molecule has 0 atom stereocenters. The quantitative estimate of drug-likeness (QED) is 0.769. The van der Waals surface area contributed by atoms with E-state index in [4.69, 9.17) is 0 Å². The molecule has 0 radical (unpaired) electrons. The Morgan fingerprint density at radius 1 is 1.25 bits per heavy atom. The third-order valence-electron chi connectivity index (χ3n) is 3.77. The van der Waals surface area contributed by atoms with E-state index in [1.807, 2.05) is 18.5 Å². The Labute approximate surface area is 97.0 Å². The van der Waals surface area contributed by atoms with Crippen LogP contribution in [0.5, 0.6) is 0 Å². The zero-order valence-electron chi connectivity index (χ0n) is 9.60. The van der Waals surface area contributed by atoms with Crippen molar-refractivity contribution in [2.24, 2.45) is 5.92 Å². The highest BCUT2D eigenvalue weighted by molar-refractivity contribution is 5.15. The molecule has 4 rings (SSSR count). The van der Waals surface area contributed by atoms with Gasteiger partial charge in [0, 0.05) is 31.2 Å². The third kappa shape index (κ3) is 1.97. The minimum Gasteiger partial charge on any atom is -0.375 e. The van der Waals surface area contributed by atoms with E-state index in [0.29, 0.717) is 0 Å². The molecule has 2 nitrogen and oxygen atoms in total. The predicted octanol–water partition coefficient (Wildman–Crippen LogP) is 2.62. The van der Waals surface area contributed by atoms with E-state index in [0.717, 1.165) is 12.3 Å². The van der Waals surface area contributed by atoms with Gasteiger partial charge in [0.25, 0.3) is 0 Å². The molecule has 0 saturated carbocycles. The standard InChI is InChI=1S/C14H18N2/c1-2-13(11-15-7-1)3-4-14-10-12-5-8-16(14)9-6-12/h1-2,7,10-12H,3-6,8-9H2. The summed E-state index contributed by atoms with van der Waals surface area (Å²) in [6, 6.07) is 4.20. The van der Waals surface area contributed by atoms with Gasteiger partial charge < -0.3 is 4.90 Å². The number of aryl methyl sites for hydroxylation is 1. The highest BCUT2D eigenvalue weighted by atomic mass is 15.1. The molecule has 0 aromatic carbocycles. The van der Waals surface area contributed by atoms with Crippen LogP contribution in [-0.4, -0.2) is 23.0 Å². The van der Waals surface area contributed by atoms with Crippen LogP contribution in [-0.2, 0) is 6.42 Å². The molecule has 1 aromatic heterocycles. The number of piperidine rings is 1. The van der Waals surface area contributed by atoms with Crippen LogP contribution in [0, 0.1) is 5.92 Å². The highest BCUT2D eigenvalue weighted by Crippen LogP contribution is 2.31. The minimum absolute atomic E-state index is 0.869. The van der Waals surface area contributed by atoms with Crippen molar-refractivity contribution >= 4 is 0 Å². The largest absolute Gasteiger partial charge is 0.375 e. The van der Waals surface area contributed by atoms with Crippen molar-refractivity contribution in [1.82, 2.24) is 9.88 Å². The maximum Gasteiger partial charge on any atom is 0.0299 e. The van der Waals surface area contributed by atoms with E-state index >= 15 is 0 Å². The number of hydrogen-bond acceptors (Lipinski definition) is 2. The third-order valence-corrected chi connectivity index (χ3v) is 3.77. The van der Waals surface area contributed by atoms with Crippen molar-refractivity contribution in [2.75, 3.05) is 13.1 Å². The summed E-state index contributed by atoms with van der Waals surface area (Å²) in [7, 11) is 0. The molecule has 3 aliphatic heterocycles. The topological polar surface area (TPSA) is 16.1 Å². The molecule has 0 amide bonds. The Morgan fingerprint density at radius 2 is 2.12 bits per heavy atom. The lowest BCUT2D eigenvalue weighted by Crippen LogP contribution is -2.37. The first kappa shape index (κ1) is 9.88. The maximum absolute atomic E-state index is 4.16. The molecule has 0 unspecified atom stereocenters. The van der Waals surface area contributed by atoms with Gasteiger partial charge in [-0.15, -0.1) is 0 Å². The monoisotopic (exact) mass is 214 g/mol. The van der Waals surface area contributed by atoms with E-state index in [1.165, 1.54) is 37.9 Å². The number of aromatic nitrogens is 1. The number of hydrogen-bond donors (Lipinski definition) is 0. The van der Waals surface area contributed by atoms with Gasteiger partial charge in [0.05, 0.1) is 0 Å². The van der Waals surface area contributed by atoms with Crippen LogP contribution in [0.1, 0.15) is 24.8 Å². The van der Waals surface area contributed by atoms with E-state index in [-0.39, 0.29) is 0 Å². The van der Waals surface area contributed by atoms with Gasteiger partial charge in [-0.2, -0.15) is 0 Å². The van der Waals surface area contributed by atoms with Gasteiger partial charge in [-0.1, -0.05) is 12.1 Å². The molecular weight excluding hydrogens is 196 g/mol. The van der Waals surface area contributed by atoms with Gasteiger partial charge in [0.2, 0.25) is 0 Å². The fourth-order valence-electron chi connectivity index (χ4n) is 2.79. The fourth-order valence-corrected chi connectivity index (χ4v) is 2.79. The minimum atomic E-state index is 0.869. The lowest BCUT2D eigenvalue weighted by Gasteiger charge is -2.40. The molecule has 0 spiro atoms.